The molecular weight excluding hydrogens is 362 g/mol. The van der Waals surface area contributed by atoms with Gasteiger partial charge in [-0.25, -0.2) is 0 Å². The van der Waals surface area contributed by atoms with Crippen molar-refractivity contribution in [1.29, 1.82) is 0 Å². The van der Waals surface area contributed by atoms with E-state index in [1.165, 1.54) is 6.07 Å². The highest BCUT2D eigenvalue weighted by molar-refractivity contribution is 6.44. The predicted octanol–water partition coefficient (Wildman–Crippen LogP) is 6.02. The maximum Gasteiger partial charge on any atom is 0.417 e. The summed E-state index contributed by atoms with van der Waals surface area (Å²) in [4.78, 5) is -2.13. The van der Waals surface area contributed by atoms with Crippen LogP contribution in [0.25, 0.3) is 0 Å². The number of hydrogen-bond acceptors (Lipinski definition) is 0. The molecular formula is C10H2Cl2F9. The molecule has 1 radical (unpaired) electrons. The Labute approximate surface area is 121 Å². The Morgan fingerprint density at radius 1 is 0.762 bits per heavy atom. The Bertz CT molecular complexity index is 525. The normalized spacial score (nSPS) is 13.9. The molecule has 0 aliphatic carbocycles. The zero-order valence-corrected chi connectivity index (χ0v) is 10.8. The highest BCUT2D eigenvalue weighted by atomic mass is 35.5. The first kappa shape index (κ1) is 18.2. The van der Waals surface area contributed by atoms with Gasteiger partial charge < -0.3 is 0 Å². The van der Waals surface area contributed by atoms with Crippen molar-refractivity contribution in [2.75, 3.05) is 0 Å². The van der Waals surface area contributed by atoms with Crippen LogP contribution in [0, 0.1) is 6.07 Å². The average molecular weight is 364 g/mol. The topological polar surface area (TPSA) is 0 Å². The lowest BCUT2D eigenvalue weighted by molar-refractivity contribution is -0.175. The maximum absolute atomic E-state index is 12.8. The van der Waals surface area contributed by atoms with Crippen molar-refractivity contribution in [2.45, 2.75) is 23.4 Å². The third kappa shape index (κ3) is 3.88. The highest BCUT2D eigenvalue weighted by Crippen LogP contribution is 2.49. The van der Waals surface area contributed by atoms with E-state index in [2.05, 4.69) is 0 Å². The van der Waals surface area contributed by atoms with Gasteiger partial charge in [-0.15, -0.1) is 23.2 Å². The van der Waals surface area contributed by atoms with Crippen molar-refractivity contribution in [2.24, 2.45) is 0 Å². The molecule has 1 rings (SSSR count). The maximum atomic E-state index is 12.8. The molecule has 1 aromatic rings. The third-order valence-corrected chi connectivity index (χ3v) is 2.69. The van der Waals surface area contributed by atoms with E-state index in [4.69, 9.17) is 23.2 Å². The van der Waals surface area contributed by atoms with Crippen LogP contribution in [0.3, 0.4) is 0 Å². The van der Waals surface area contributed by atoms with Gasteiger partial charge in [0.1, 0.15) is 4.84 Å². The van der Waals surface area contributed by atoms with E-state index in [-0.39, 0.29) is 6.07 Å². The molecule has 1 aromatic carbocycles. The van der Waals surface area contributed by atoms with Crippen LogP contribution in [0.5, 0.6) is 0 Å². The van der Waals surface area contributed by atoms with Gasteiger partial charge in [-0.1, -0.05) is 0 Å². The van der Waals surface area contributed by atoms with E-state index in [0.29, 0.717) is 0 Å². The molecule has 0 heterocycles. The molecule has 119 valence electrons. The summed E-state index contributed by atoms with van der Waals surface area (Å²) in [6.45, 7) is 0. The molecule has 21 heavy (non-hydrogen) atoms. The zero-order valence-electron chi connectivity index (χ0n) is 9.31. The van der Waals surface area contributed by atoms with Crippen molar-refractivity contribution in [1.82, 2.24) is 0 Å². The summed E-state index contributed by atoms with van der Waals surface area (Å²) in [6, 6.07) is 1.17. The van der Waals surface area contributed by atoms with Crippen LogP contribution in [0.15, 0.2) is 6.07 Å². The van der Waals surface area contributed by atoms with E-state index in [0.717, 1.165) is 0 Å². The molecule has 0 aliphatic heterocycles. The third-order valence-electron chi connectivity index (χ3n) is 2.25. The Hall–Kier alpha value is -0.830. The van der Waals surface area contributed by atoms with Gasteiger partial charge in [0.05, 0.1) is 16.7 Å². The van der Waals surface area contributed by atoms with Crippen LogP contribution >= 0.6 is 23.2 Å². The fraction of sp³-hybridized carbons (Fsp3) is 0.400. The van der Waals surface area contributed by atoms with Gasteiger partial charge >= 0.3 is 18.5 Å². The molecule has 0 N–H and O–H groups in total. The van der Waals surface area contributed by atoms with Crippen LogP contribution in [0.4, 0.5) is 39.5 Å². The minimum Gasteiger partial charge on any atom is -0.166 e. The van der Waals surface area contributed by atoms with E-state index in [1.54, 1.807) is 0 Å². The summed E-state index contributed by atoms with van der Waals surface area (Å²) >= 11 is 10.2. The Morgan fingerprint density at radius 3 is 1.48 bits per heavy atom. The quantitative estimate of drug-likeness (QED) is 0.422. The van der Waals surface area contributed by atoms with Crippen molar-refractivity contribution >= 4 is 23.2 Å². The fourth-order valence-electron chi connectivity index (χ4n) is 1.55. The van der Waals surface area contributed by atoms with E-state index in [9.17, 15) is 39.5 Å². The molecule has 0 saturated heterocycles. The largest absolute Gasteiger partial charge is 0.417 e. The second-order valence-electron chi connectivity index (χ2n) is 3.66. The Balaban J connectivity index is 3.93. The summed E-state index contributed by atoms with van der Waals surface area (Å²) in [5, 5.41) is 0. The Morgan fingerprint density at radius 2 is 1.19 bits per heavy atom. The summed E-state index contributed by atoms with van der Waals surface area (Å²) in [6.07, 6.45) is -17.3. The average Bonchev–Trinajstić information content (AvgIpc) is 2.23. The van der Waals surface area contributed by atoms with Gasteiger partial charge in [0.15, 0.2) is 0 Å². The fourth-order valence-corrected chi connectivity index (χ4v) is 1.89. The van der Waals surface area contributed by atoms with Crippen LogP contribution < -0.4 is 0 Å². The summed E-state index contributed by atoms with van der Waals surface area (Å²) in [5.41, 5.74) is -9.42. The lowest BCUT2D eigenvalue weighted by Crippen LogP contribution is -2.24. The molecule has 0 amide bonds. The van der Waals surface area contributed by atoms with Crippen molar-refractivity contribution < 1.29 is 39.5 Å². The first-order valence-corrected chi connectivity index (χ1v) is 5.63. The number of halogens is 11. The summed E-state index contributed by atoms with van der Waals surface area (Å²) in [7, 11) is 0. The van der Waals surface area contributed by atoms with Gasteiger partial charge in [-0.05, 0) is 12.1 Å². The lowest BCUT2D eigenvalue weighted by atomic mass is 9.95. The van der Waals surface area contributed by atoms with Gasteiger partial charge in [-0.3, -0.25) is 0 Å². The van der Waals surface area contributed by atoms with Gasteiger partial charge in [0.2, 0.25) is 0 Å². The number of benzene rings is 1. The smallest absolute Gasteiger partial charge is 0.166 e. The lowest BCUT2D eigenvalue weighted by Gasteiger charge is -2.23. The molecule has 0 atom stereocenters. The van der Waals surface area contributed by atoms with E-state index in [1.807, 2.05) is 0 Å². The summed E-state index contributed by atoms with van der Waals surface area (Å²) in [5.74, 6) is 0. The van der Waals surface area contributed by atoms with Gasteiger partial charge in [-0.2, -0.15) is 39.5 Å². The molecule has 0 fully saturated rings. The second kappa shape index (κ2) is 5.42. The Kier molecular flexibility index (Phi) is 4.70. The first-order chi connectivity index (χ1) is 9.17. The summed E-state index contributed by atoms with van der Waals surface area (Å²) < 4.78 is 114. The minimum absolute atomic E-state index is 0.259. The standard InChI is InChI=1S/C10H2Cl2F9/c11-7(12)3-1-2-4(8(13,14)15)6(10(19,20)21)5(3)9(16,17)18/h2,7H. The highest BCUT2D eigenvalue weighted by Gasteiger charge is 2.51. The predicted molar refractivity (Wildman–Crippen MR) is 54.7 cm³/mol. The van der Waals surface area contributed by atoms with Crippen molar-refractivity contribution in [3.05, 3.63) is 34.4 Å². The molecule has 0 nitrogen and oxygen atoms in total. The molecule has 0 aromatic heterocycles. The molecule has 0 aliphatic rings. The minimum atomic E-state index is -5.91. The van der Waals surface area contributed by atoms with E-state index < -0.39 is 45.6 Å². The van der Waals surface area contributed by atoms with E-state index >= 15 is 0 Å². The SMILES string of the molecule is FC(F)(F)c1c[c]c(C(Cl)Cl)c(C(F)(F)F)c1C(F)(F)F. The monoisotopic (exact) mass is 363 g/mol. The first-order valence-electron chi connectivity index (χ1n) is 4.75. The molecule has 0 saturated carbocycles. The van der Waals surface area contributed by atoms with Crippen molar-refractivity contribution in [3.8, 4) is 0 Å². The molecule has 0 spiro atoms. The van der Waals surface area contributed by atoms with Gasteiger partial charge in [0, 0.05) is 5.56 Å². The van der Waals surface area contributed by atoms with Crippen LogP contribution in [0.1, 0.15) is 27.1 Å². The van der Waals surface area contributed by atoms with Crippen molar-refractivity contribution in [3.63, 3.8) is 0 Å². The van der Waals surface area contributed by atoms with Crippen LogP contribution in [-0.2, 0) is 18.5 Å². The molecule has 0 bridgehead atoms. The molecule has 0 unspecified atom stereocenters. The molecule has 11 heteroatoms. The number of alkyl halides is 11. The zero-order chi connectivity index (χ0) is 16.8. The van der Waals surface area contributed by atoms with Crippen LogP contribution in [0.2, 0.25) is 0 Å². The van der Waals surface area contributed by atoms with Crippen LogP contribution in [-0.4, -0.2) is 0 Å². The number of hydrogen-bond donors (Lipinski definition) is 0. The van der Waals surface area contributed by atoms with Gasteiger partial charge in [0.25, 0.3) is 0 Å². The number of rotatable bonds is 1. The second-order valence-corrected chi connectivity index (χ2v) is 4.76.